The summed E-state index contributed by atoms with van der Waals surface area (Å²) in [5, 5.41) is 1.78. The monoisotopic (exact) mass is 559 g/mol. The third kappa shape index (κ3) is 3.16. The standard InChI is InChI=1S/C27H15Br2NO3/c1-30-23(14-5-3-2-4-6-14)13-25-24(30)12-17(33-25)11-20-26(31)18-7-15-9-21(28)22(29)10-16(15)8-19(18)27(20)32/h2-13H,1H3. The van der Waals surface area contributed by atoms with E-state index in [1.54, 1.807) is 18.2 Å². The van der Waals surface area contributed by atoms with Crippen LogP contribution in [0.3, 0.4) is 0 Å². The molecule has 0 unspecified atom stereocenters. The second-order valence-corrected chi connectivity index (χ2v) is 9.79. The molecule has 0 atom stereocenters. The molecule has 1 aliphatic rings. The van der Waals surface area contributed by atoms with E-state index in [-0.39, 0.29) is 17.1 Å². The van der Waals surface area contributed by atoms with Crippen molar-refractivity contribution in [2.24, 2.45) is 7.05 Å². The van der Waals surface area contributed by atoms with Gasteiger partial charge in [-0.3, -0.25) is 9.59 Å². The van der Waals surface area contributed by atoms with Crippen molar-refractivity contribution < 1.29 is 14.0 Å². The Bertz CT molecular complexity index is 1610. The van der Waals surface area contributed by atoms with Crippen LogP contribution in [0.2, 0.25) is 0 Å². The maximum Gasteiger partial charge on any atom is 0.197 e. The van der Waals surface area contributed by atoms with Gasteiger partial charge in [-0.05, 0) is 78.5 Å². The number of benzene rings is 3. The van der Waals surface area contributed by atoms with E-state index in [1.807, 2.05) is 66.2 Å². The first-order valence-electron chi connectivity index (χ1n) is 10.3. The number of aromatic nitrogens is 1. The van der Waals surface area contributed by atoms with Gasteiger partial charge in [0.15, 0.2) is 17.1 Å². The molecular formula is C27H15Br2NO3. The van der Waals surface area contributed by atoms with E-state index in [0.29, 0.717) is 22.5 Å². The molecule has 6 heteroatoms. The number of hydrogen-bond acceptors (Lipinski definition) is 3. The molecule has 160 valence electrons. The number of carbonyl (C=O) groups excluding carboxylic acids is 2. The van der Waals surface area contributed by atoms with E-state index >= 15 is 0 Å². The van der Waals surface area contributed by atoms with Crippen LogP contribution in [0.1, 0.15) is 26.5 Å². The molecule has 0 N–H and O–H groups in total. The molecule has 33 heavy (non-hydrogen) atoms. The topological polar surface area (TPSA) is 52.2 Å². The second-order valence-electron chi connectivity index (χ2n) is 8.08. The number of furan rings is 1. The SMILES string of the molecule is Cn1c(-c2ccccc2)cc2oc(C=C3C(=O)c4cc5cc(Br)c(Br)cc5cc4C3=O)cc21. The number of Topliss-reactive ketones (excluding diaryl/α,β-unsaturated/α-hetero) is 2. The number of rotatable bonds is 2. The predicted octanol–water partition coefficient (Wildman–Crippen LogP) is 7.58. The largest absolute Gasteiger partial charge is 0.455 e. The van der Waals surface area contributed by atoms with E-state index in [2.05, 4.69) is 31.9 Å². The summed E-state index contributed by atoms with van der Waals surface area (Å²) in [5.41, 5.74) is 4.71. The summed E-state index contributed by atoms with van der Waals surface area (Å²) < 4.78 is 9.83. The zero-order chi connectivity index (χ0) is 22.9. The molecule has 0 spiro atoms. The highest BCUT2D eigenvalue weighted by molar-refractivity contribution is 9.13. The van der Waals surface area contributed by atoms with Crippen molar-refractivity contribution in [3.63, 3.8) is 0 Å². The Morgan fingerprint density at radius 2 is 1.42 bits per heavy atom. The Hall–Kier alpha value is -3.22. The second kappa shape index (κ2) is 7.40. The Kier molecular flexibility index (Phi) is 4.57. The first-order chi connectivity index (χ1) is 15.9. The zero-order valence-corrected chi connectivity index (χ0v) is 20.5. The molecule has 2 aromatic heterocycles. The summed E-state index contributed by atoms with van der Waals surface area (Å²) in [6, 6.07) is 21.3. The fourth-order valence-electron chi connectivity index (χ4n) is 4.42. The maximum absolute atomic E-state index is 13.1. The smallest absolute Gasteiger partial charge is 0.197 e. The third-order valence-corrected chi connectivity index (χ3v) is 7.94. The van der Waals surface area contributed by atoms with Gasteiger partial charge in [-0.1, -0.05) is 30.3 Å². The van der Waals surface area contributed by atoms with E-state index in [0.717, 1.165) is 36.5 Å². The van der Waals surface area contributed by atoms with Crippen LogP contribution in [0.4, 0.5) is 0 Å². The molecule has 0 bridgehead atoms. The van der Waals surface area contributed by atoms with Crippen LogP contribution in [0.5, 0.6) is 0 Å². The van der Waals surface area contributed by atoms with Gasteiger partial charge in [0.1, 0.15) is 5.76 Å². The average Bonchev–Trinajstić information content (AvgIpc) is 3.42. The number of aryl methyl sites for hydroxylation is 1. The van der Waals surface area contributed by atoms with Gasteiger partial charge >= 0.3 is 0 Å². The molecule has 4 nitrogen and oxygen atoms in total. The number of hydrogen-bond donors (Lipinski definition) is 0. The van der Waals surface area contributed by atoms with Crippen LogP contribution in [0, 0.1) is 0 Å². The summed E-state index contributed by atoms with van der Waals surface area (Å²) in [5.74, 6) is -0.0718. The Labute approximate surface area is 205 Å². The van der Waals surface area contributed by atoms with Gasteiger partial charge < -0.3 is 8.98 Å². The molecule has 0 fully saturated rings. The van der Waals surface area contributed by atoms with Gasteiger partial charge in [0.05, 0.1) is 16.8 Å². The summed E-state index contributed by atoms with van der Waals surface area (Å²) >= 11 is 6.99. The van der Waals surface area contributed by atoms with E-state index in [9.17, 15) is 9.59 Å². The van der Waals surface area contributed by atoms with Crippen molar-refractivity contribution in [1.29, 1.82) is 0 Å². The van der Waals surface area contributed by atoms with Crippen LogP contribution in [0.15, 0.2) is 85.7 Å². The van der Waals surface area contributed by atoms with Gasteiger partial charge in [-0.2, -0.15) is 0 Å². The summed E-state index contributed by atoms with van der Waals surface area (Å²) in [6.45, 7) is 0. The predicted molar refractivity (Wildman–Crippen MR) is 137 cm³/mol. The lowest BCUT2D eigenvalue weighted by Gasteiger charge is -2.04. The van der Waals surface area contributed by atoms with Crippen molar-refractivity contribution >= 4 is 71.4 Å². The highest BCUT2D eigenvalue weighted by Gasteiger charge is 2.34. The van der Waals surface area contributed by atoms with Crippen LogP contribution in [-0.4, -0.2) is 16.1 Å². The summed E-state index contributed by atoms with van der Waals surface area (Å²) in [4.78, 5) is 26.2. The number of carbonyl (C=O) groups is 2. The molecule has 0 amide bonds. The molecule has 6 rings (SSSR count). The van der Waals surface area contributed by atoms with Crippen molar-refractivity contribution in [3.05, 3.63) is 98.1 Å². The maximum atomic E-state index is 13.1. The molecule has 1 aliphatic carbocycles. The molecule has 0 saturated carbocycles. The molecule has 0 radical (unpaired) electrons. The molecule has 0 aliphatic heterocycles. The first-order valence-corrected chi connectivity index (χ1v) is 11.9. The Morgan fingerprint density at radius 1 is 0.818 bits per heavy atom. The van der Waals surface area contributed by atoms with Crippen molar-refractivity contribution in [2.75, 3.05) is 0 Å². The Morgan fingerprint density at radius 3 is 2.00 bits per heavy atom. The first kappa shape index (κ1) is 20.4. The number of halogens is 2. The van der Waals surface area contributed by atoms with Crippen LogP contribution < -0.4 is 0 Å². The summed E-state index contributed by atoms with van der Waals surface area (Å²) in [7, 11) is 1.97. The molecule has 5 aromatic rings. The number of nitrogens with zero attached hydrogens (tertiary/aromatic N) is 1. The van der Waals surface area contributed by atoms with Crippen LogP contribution in [0.25, 0.3) is 39.2 Å². The van der Waals surface area contributed by atoms with Crippen molar-refractivity contribution in [2.45, 2.75) is 0 Å². The fraction of sp³-hybridized carbons (Fsp3) is 0.0370. The molecular weight excluding hydrogens is 546 g/mol. The highest BCUT2D eigenvalue weighted by atomic mass is 79.9. The lowest BCUT2D eigenvalue weighted by Crippen LogP contribution is -1.99. The van der Waals surface area contributed by atoms with Crippen LogP contribution in [-0.2, 0) is 7.05 Å². The van der Waals surface area contributed by atoms with Crippen molar-refractivity contribution in [3.8, 4) is 11.3 Å². The minimum atomic E-state index is -0.277. The fourth-order valence-corrected chi connectivity index (χ4v) is 5.15. The minimum absolute atomic E-state index is 0.126. The highest BCUT2D eigenvalue weighted by Crippen LogP contribution is 2.36. The number of fused-ring (bicyclic) bond motifs is 3. The average molecular weight is 561 g/mol. The lowest BCUT2D eigenvalue weighted by molar-refractivity contribution is 0.0990. The number of allylic oxidation sites excluding steroid dienone is 1. The molecule has 3 aromatic carbocycles. The Balaban J connectivity index is 1.42. The minimum Gasteiger partial charge on any atom is -0.455 e. The normalized spacial score (nSPS) is 13.4. The number of ketones is 2. The molecule has 0 saturated heterocycles. The third-order valence-electron chi connectivity index (χ3n) is 6.10. The van der Waals surface area contributed by atoms with Crippen molar-refractivity contribution in [1.82, 2.24) is 4.57 Å². The molecule has 2 heterocycles. The summed E-state index contributed by atoms with van der Waals surface area (Å²) in [6.07, 6.45) is 1.56. The quantitative estimate of drug-likeness (QED) is 0.165. The van der Waals surface area contributed by atoms with Gasteiger partial charge in [-0.15, -0.1) is 0 Å². The van der Waals surface area contributed by atoms with E-state index in [1.165, 1.54) is 0 Å². The van der Waals surface area contributed by atoms with Gasteiger partial charge in [0.25, 0.3) is 0 Å². The van der Waals surface area contributed by atoms with Crippen LogP contribution >= 0.6 is 31.9 Å². The lowest BCUT2D eigenvalue weighted by atomic mass is 10.0. The van der Waals surface area contributed by atoms with Gasteiger partial charge in [-0.25, -0.2) is 0 Å². The van der Waals surface area contributed by atoms with Gasteiger partial charge in [0, 0.05) is 39.3 Å². The van der Waals surface area contributed by atoms with E-state index in [4.69, 9.17) is 4.42 Å². The van der Waals surface area contributed by atoms with Gasteiger partial charge in [0.2, 0.25) is 0 Å². The van der Waals surface area contributed by atoms with E-state index < -0.39 is 0 Å². The zero-order valence-electron chi connectivity index (χ0n) is 17.4.